The maximum Gasteiger partial charge on any atom is 0.516 e. The second kappa shape index (κ2) is 8.74. The van der Waals surface area contributed by atoms with Gasteiger partial charge in [0.25, 0.3) is 0 Å². The van der Waals surface area contributed by atoms with Gasteiger partial charge in [-0.25, -0.2) is 9.59 Å². The highest BCUT2D eigenvalue weighted by atomic mass is 16.7. The maximum absolute atomic E-state index is 10.9. The summed E-state index contributed by atoms with van der Waals surface area (Å²) < 4.78 is 8.67. The number of carbonyl (C=O) groups is 2. The summed E-state index contributed by atoms with van der Waals surface area (Å²) in [4.78, 5) is 21.6. The molecule has 0 bridgehead atoms. The zero-order valence-electron chi connectivity index (χ0n) is 8.80. The van der Waals surface area contributed by atoms with Crippen molar-refractivity contribution in [2.24, 2.45) is 0 Å². The van der Waals surface area contributed by atoms with Gasteiger partial charge in [0.05, 0.1) is 6.61 Å². The number of hydrogen-bond donors (Lipinski definition) is 0. The van der Waals surface area contributed by atoms with E-state index in [4.69, 9.17) is 0 Å². The molecule has 0 aliphatic heterocycles. The molecule has 4 nitrogen and oxygen atoms in total. The average molecular weight is 210 g/mol. The quantitative estimate of drug-likeness (QED) is 0.309. The molecular formula is C11H14O4. The van der Waals surface area contributed by atoms with Crippen molar-refractivity contribution in [3.63, 3.8) is 0 Å². The van der Waals surface area contributed by atoms with E-state index in [2.05, 4.69) is 9.47 Å². The molecule has 0 fully saturated rings. The summed E-state index contributed by atoms with van der Waals surface area (Å²) in [6, 6.07) is 0. The molecule has 15 heavy (non-hydrogen) atoms. The fraction of sp³-hybridized carbons (Fsp3) is 0.273. The van der Waals surface area contributed by atoms with Crippen molar-refractivity contribution in [2.75, 3.05) is 6.61 Å². The van der Waals surface area contributed by atoms with E-state index in [1.807, 2.05) is 13.0 Å². The van der Waals surface area contributed by atoms with E-state index in [1.165, 1.54) is 6.08 Å². The Hall–Kier alpha value is -1.84. The molecule has 0 aliphatic rings. The van der Waals surface area contributed by atoms with E-state index >= 15 is 0 Å². The number of esters is 1. The summed E-state index contributed by atoms with van der Waals surface area (Å²) in [5.74, 6) is -0.751. The van der Waals surface area contributed by atoms with Gasteiger partial charge in [0, 0.05) is 6.08 Å². The van der Waals surface area contributed by atoms with Gasteiger partial charge in [-0.1, -0.05) is 30.4 Å². The fourth-order valence-electron chi connectivity index (χ4n) is 0.637. The van der Waals surface area contributed by atoms with Gasteiger partial charge in [-0.15, -0.1) is 0 Å². The van der Waals surface area contributed by atoms with Gasteiger partial charge in [0.15, 0.2) is 0 Å². The number of ether oxygens (including phenoxy) is 2. The predicted molar refractivity (Wildman–Crippen MR) is 56.2 cm³/mol. The Morgan fingerprint density at radius 3 is 2.40 bits per heavy atom. The Morgan fingerprint density at radius 2 is 1.80 bits per heavy atom. The summed E-state index contributed by atoms with van der Waals surface area (Å²) in [7, 11) is 0. The summed E-state index contributed by atoms with van der Waals surface area (Å²) in [6.07, 6.45) is 8.67. The smallest absolute Gasteiger partial charge is 0.434 e. The predicted octanol–water partition coefficient (Wildman–Crippen LogP) is 2.37. The molecule has 0 spiro atoms. The summed E-state index contributed by atoms with van der Waals surface area (Å²) >= 11 is 0. The molecule has 0 aliphatic carbocycles. The van der Waals surface area contributed by atoms with Gasteiger partial charge in [0.1, 0.15) is 0 Å². The Bertz CT molecular complexity index is 287. The van der Waals surface area contributed by atoms with Crippen LogP contribution in [0.15, 0.2) is 36.5 Å². The van der Waals surface area contributed by atoms with Gasteiger partial charge >= 0.3 is 12.1 Å². The molecule has 4 heteroatoms. The van der Waals surface area contributed by atoms with Crippen LogP contribution in [-0.4, -0.2) is 18.7 Å². The highest BCUT2D eigenvalue weighted by molar-refractivity contribution is 5.89. The van der Waals surface area contributed by atoms with Crippen LogP contribution in [-0.2, 0) is 14.3 Å². The summed E-state index contributed by atoms with van der Waals surface area (Å²) in [5, 5.41) is 0. The Kier molecular flexibility index (Phi) is 7.67. The Balaban J connectivity index is 3.87. The second-order valence-corrected chi connectivity index (χ2v) is 2.37. The molecule has 0 rings (SSSR count). The molecule has 0 N–H and O–H groups in total. The first-order chi connectivity index (χ1) is 7.20. The largest absolute Gasteiger partial charge is 0.516 e. The molecule has 0 unspecified atom stereocenters. The molecule has 0 heterocycles. The van der Waals surface area contributed by atoms with Crippen LogP contribution in [0.1, 0.15) is 13.8 Å². The maximum atomic E-state index is 10.9. The molecule has 0 aromatic heterocycles. The molecule has 82 valence electrons. The summed E-state index contributed by atoms with van der Waals surface area (Å²) in [5.41, 5.74) is 0. The van der Waals surface area contributed by atoms with Crippen LogP contribution in [0.5, 0.6) is 0 Å². The van der Waals surface area contributed by atoms with Gasteiger partial charge in [-0.3, -0.25) is 0 Å². The van der Waals surface area contributed by atoms with E-state index in [9.17, 15) is 9.59 Å². The molecule has 0 saturated carbocycles. The van der Waals surface area contributed by atoms with E-state index in [0.29, 0.717) is 0 Å². The number of carbonyl (C=O) groups excluding carboxylic acids is 2. The van der Waals surface area contributed by atoms with Crippen LogP contribution < -0.4 is 0 Å². The Labute approximate surface area is 88.9 Å². The first-order valence-corrected chi connectivity index (χ1v) is 4.55. The second-order valence-electron chi connectivity index (χ2n) is 2.37. The third kappa shape index (κ3) is 8.49. The van der Waals surface area contributed by atoms with Crippen molar-refractivity contribution in [2.45, 2.75) is 13.8 Å². The fourth-order valence-corrected chi connectivity index (χ4v) is 0.637. The van der Waals surface area contributed by atoms with Gasteiger partial charge in [-0.05, 0) is 13.8 Å². The Morgan fingerprint density at radius 1 is 1.13 bits per heavy atom. The zero-order valence-corrected chi connectivity index (χ0v) is 8.80. The lowest BCUT2D eigenvalue weighted by molar-refractivity contribution is -0.134. The van der Waals surface area contributed by atoms with Crippen molar-refractivity contribution < 1.29 is 19.1 Å². The van der Waals surface area contributed by atoms with E-state index in [0.717, 1.165) is 6.08 Å². The minimum Gasteiger partial charge on any atom is -0.434 e. The lowest BCUT2D eigenvalue weighted by Gasteiger charge is -1.98. The van der Waals surface area contributed by atoms with Gasteiger partial charge in [-0.2, -0.15) is 0 Å². The van der Waals surface area contributed by atoms with Crippen molar-refractivity contribution in [1.29, 1.82) is 0 Å². The molecular weight excluding hydrogens is 196 g/mol. The number of rotatable bonds is 4. The van der Waals surface area contributed by atoms with Crippen LogP contribution >= 0.6 is 0 Å². The van der Waals surface area contributed by atoms with Crippen LogP contribution in [0.4, 0.5) is 4.79 Å². The van der Waals surface area contributed by atoms with Gasteiger partial charge < -0.3 is 9.47 Å². The first kappa shape index (κ1) is 13.2. The average Bonchev–Trinajstić information content (AvgIpc) is 2.17. The topological polar surface area (TPSA) is 52.6 Å². The van der Waals surface area contributed by atoms with Crippen molar-refractivity contribution in [3.05, 3.63) is 36.5 Å². The SMILES string of the molecule is CC=CC=CC=CC(=O)OC(=O)OCC. The van der Waals surface area contributed by atoms with Crippen molar-refractivity contribution in [1.82, 2.24) is 0 Å². The van der Waals surface area contributed by atoms with Crippen LogP contribution in [0, 0.1) is 0 Å². The highest BCUT2D eigenvalue weighted by Crippen LogP contribution is 1.89. The standard InChI is InChI=1S/C11H14O4/c1-3-5-6-7-8-9-10(12)15-11(13)14-4-2/h3,5-9H,4H2,1-2H3. The molecule has 0 atom stereocenters. The van der Waals surface area contributed by atoms with Crippen molar-refractivity contribution in [3.8, 4) is 0 Å². The third-order valence-corrected chi connectivity index (χ3v) is 1.20. The van der Waals surface area contributed by atoms with E-state index < -0.39 is 12.1 Å². The van der Waals surface area contributed by atoms with Gasteiger partial charge in [0.2, 0.25) is 0 Å². The van der Waals surface area contributed by atoms with Crippen LogP contribution in [0.25, 0.3) is 0 Å². The van der Waals surface area contributed by atoms with E-state index in [1.54, 1.807) is 25.2 Å². The zero-order chi connectivity index (χ0) is 11.5. The molecule has 0 radical (unpaired) electrons. The minimum atomic E-state index is -0.982. The molecule has 0 amide bonds. The van der Waals surface area contributed by atoms with Crippen LogP contribution in [0.2, 0.25) is 0 Å². The molecule has 0 saturated heterocycles. The van der Waals surface area contributed by atoms with Crippen molar-refractivity contribution >= 4 is 12.1 Å². The lowest BCUT2D eigenvalue weighted by Crippen LogP contribution is -2.11. The van der Waals surface area contributed by atoms with E-state index in [-0.39, 0.29) is 6.61 Å². The monoisotopic (exact) mass is 210 g/mol. The minimum absolute atomic E-state index is 0.178. The molecule has 0 aromatic carbocycles. The number of hydrogen-bond acceptors (Lipinski definition) is 4. The lowest BCUT2D eigenvalue weighted by atomic mass is 10.4. The van der Waals surface area contributed by atoms with Crippen LogP contribution in [0.3, 0.4) is 0 Å². The highest BCUT2D eigenvalue weighted by Gasteiger charge is 2.06. The third-order valence-electron chi connectivity index (χ3n) is 1.20. The molecule has 0 aromatic rings. The summed E-state index contributed by atoms with van der Waals surface area (Å²) in [6.45, 7) is 3.68. The number of allylic oxidation sites excluding steroid dienone is 5. The first-order valence-electron chi connectivity index (χ1n) is 4.55. The normalized spacial score (nSPS) is 11.3.